The van der Waals surface area contributed by atoms with Crippen LogP contribution in [0.5, 0.6) is 0 Å². The van der Waals surface area contributed by atoms with Crippen molar-refractivity contribution in [2.75, 3.05) is 20.1 Å². The Balaban J connectivity index is 0.00000242. The van der Waals surface area contributed by atoms with Crippen molar-refractivity contribution >= 4 is 42.1 Å². The minimum absolute atomic E-state index is 0. The lowest BCUT2D eigenvalue weighted by molar-refractivity contribution is -0.120. The Morgan fingerprint density at radius 3 is 2.74 bits per heavy atom. The third kappa shape index (κ3) is 7.31. The predicted octanol–water partition coefficient (Wildman–Crippen LogP) is 3.23. The fourth-order valence-electron chi connectivity index (χ4n) is 2.02. The maximum atomic E-state index is 11.8. The number of carbonyl (C=O) groups excluding carboxylic acids is 1. The van der Waals surface area contributed by atoms with Gasteiger partial charge in [0.25, 0.3) is 0 Å². The standard InChI is InChI=1S/C16H21N3OS.2ClH/c1-12-5-3-6-13(9-12)16-19-14(11-21-16)10-15(20)18-8-4-7-17-2;;/h3,5-6,9,11,17H,4,7-8,10H2,1-2H3,(H,18,20);2*1H. The van der Waals surface area contributed by atoms with Crippen LogP contribution >= 0.6 is 36.2 Å². The molecule has 128 valence electrons. The monoisotopic (exact) mass is 375 g/mol. The van der Waals surface area contributed by atoms with Crippen molar-refractivity contribution in [3.05, 3.63) is 40.9 Å². The number of aromatic nitrogens is 1. The van der Waals surface area contributed by atoms with Gasteiger partial charge in [-0.3, -0.25) is 4.79 Å². The number of carbonyl (C=O) groups is 1. The number of benzene rings is 1. The maximum absolute atomic E-state index is 11.8. The molecule has 23 heavy (non-hydrogen) atoms. The third-order valence-electron chi connectivity index (χ3n) is 3.08. The molecule has 1 heterocycles. The topological polar surface area (TPSA) is 54.0 Å². The van der Waals surface area contributed by atoms with Gasteiger partial charge in [0.1, 0.15) is 5.01 Å². The van der Waals surface area contributed by atoms with Gasteiger partial charge in [-0.15, -0.1) is 36.2 Å². The third-order valence-corrected chi connectivity index (χ3v) is 4.02. The van der Waals surface area contributed by atoms with Crippen molar-refractivity contribution in [2.45, 2.75) is 19.8 Å². The molecule has 0 bridgehead atoms. The van der Waals surface area contributed by atoms with Gasteiger partial charge < -0.3 is 10.6 Å². The van der Waals surface area contributed by atoms with Crippen molar-refractivity contribution in [3.8, 4) is 10.6 Å². The number of hydrogen-bond acceptors (Lipinski definition) is 4. The minimum Gasteiger partial charge on any atom is -0.356 e. The van der Waals surface area contributed by atoms with Gasteiger partial charge in [-0.05, 0) is 33.0 Å². The lowest BCUT2D eigenvalue weighted by Gasteiger charge is -2.03. The molecule has 4 nitrogen and oxygen atoms in total. The molecule has 0 aliphatic carbocycles. The number of nitrogens with one attached hydrogen (secondary N) is 2. The van der Waals surface area contributed by atoms with E-state index in [9.17, 15) is 4.79 Å². The number of aryl methyl sites for hydroxylation is 1. The zero-order chi connectivity index (χ0) is 15.1. The number of thiazole rings is 1. The summed E-state index contributed by atoms with van der Waals surface area (Å²) in [6, 6.07) is 8.25. The first-order valence-corrected chi connectivity index (χ1v) is 8.00. The van der Waals surface area contributed by atoms with Gasteiger partial charge in [0.15, 0.2) is 0 Å². The van der Waals surface area contributed by atoms with Crippen molar-refractivity contribution in [2.24, 2.45) is 0 Å². The zero-order valence-corrected chi connectivity index (χ0v) is 15.7. The van der Waals surface area contributed by atoms with E-state index >= 15 is 0 Å². The van der Waals surface area contributed by atoms with Gasteiger partial charge in [-0.2, -0.15) is 0 Å². The van der Waals surface area contributed by atoms with Crippen LogP contribution in [0.25, 0.3) is 10.6 Å². The first-order valence-electron chi connectivity index (χ1n) is 7.12. The number of hydrogen-bond donors (Lipinski definition) is 2. The summed E-state index contributed by atoms with van der Waals surface area (Å²) in [7, 11) is 1.91. The second-order valence-corrected chi connectivity index (χ2v) is 5.86. The molecule has 1 amide bonds. The highest BCUT2D eigenvalue weighted by Gasteiger charge is 2.08. The van der Waals surface area contributed by atoms with Crippen molar-refractivity contribution in [1.29, 1.82) is 0 Å². The highest BCUT2D eigenvalue weighted by Crippen LogP contribution is 2.24. The molecule has 0 unspecified atom stereocenters. The molecule has 0 atom stereocenters. The van der Waals surface area contributed by atoms with Gasteiger partial charge in [-0.25, -0.2) is 4.98 Å². The zero-order valence-electron chi connectivity index (χ0n) is 13.3. The fraction of sp³-hybridized carbons (Fsp3) is 0.375. The van der Waals surface area contributed by atoms with Gasteiger partial charge >= 0.3 is 0 Å². The summed E-state index contributed by atoms with van der Waals surface area (Å²) in [5.41, 5.74) is 3.16. The van der Waals surface area contributed by atoms with E-state index in [0.29, 0.717) is 13.0 Å². The number of nitrogens with zero attached hydrogens (tertiary/aromatic N) is 1. The minimum atomic E-state index is 0. The van der Waals surface area contributed by atoms with Crippen LogP contribution in [0.2, 0.25) is 0 Å². The first kappa shape index (κ1) is 21.9. The van der Waals surface area contributed by atoms with Crippen LogP contribution in [-0.2, 0) is 11.2 Å². The van der Waals surface area contributed by atoms with Crippen LogP contribution in [0, 0.1) is 6.92 Å². The molecule has 0 radical (unpaired) electrons. The van der Waals surface area contributed by atoms with Crippen LogP contribution in [0.15, 0.2) is 29.6 Å². The van der Waals surface area contributed by atoms with Crippen molar-refractivity contribution in [3.63, 3.8) is 0 Å². The SMILES string of the molecule is CNCCCNC(=O)Cc1csc(-c2cccc(C)c2)n1.Cl.Cl. The largest absolute Gasteiger partial charge is 0.356 e. The molecular formula is C16H23Cl2N3OS. The molecule has 0 fully saturated rings. The van der Waals surface area contributed by atoms with Crippen molar-refractivity contribution in [1.82, 2.24) is 15.6 Å². The summed E-state index contributed by atoms with van der Waals surface area (Å²) in [5.74, 6) is 0.0344. The lowest BCUT2D eigenvalue weighted by atomic mass is 10.1. The van der Waals surface area contributed by atoms with E-state index in [1.807, 2.05) is 24.6 Å². The average Bonchev–Trinajstić information content (AvgIpc) is 2.92. The average molecular weight is 376 g/mol. The van der Waals surface area contributed by atoms with E-state index in [-0.39, 0.29) is 30.7 Å². The Bertz CT molecular complexity index is 605. The van der Waals surface area contributed by atoms with E-state index in [0.717, 1.165) is 29.2 Å². The smallest absolute Gasteiger partial charge is 0.226 e. The predicted molar refractivity (Wildman–Crippen MR) is 102 cm³/mol. The summed E-state index contributed by atoms with van der Waals surface area (Å²) < 4.78 is 0. The molecule has 7 heteroatoms. The lowest BCUT2D eigenvalue weighted by Crippen LogP contribution is -2.28. The molecule has 1 aromatic carbocycles. The molecule has 0 aliphatic heterocycles. The maximum Gasteiger partial charge on any atom is 0.226 e. The molecule has 2 aromatic rings. The van der Waals surface area contributed by atoms with Crippen LogP contribution in [0.3, 0.4) is 0 Å². The van der Waals surface area contributed by atoms with E-state index in [1.54, 1.807) is 11.3 Å². The fourth-order valence-corrected chi connectivity index (χ4v) is 2.84. The molecule has 2 N–H and O–H groups in total. The number of halogens is 2. The summed E-state index contributed by atoms with van der Waals surface area (Å²) in [6.45, 7) is 3.68. The first-order chi connectivity index (χ1) is 10.2. The molecular weight excluding hydrogens is 353 g/mol. The van der Waals surface area contributed by atoms with Crippen LogP contribution in [0.1, 0.15) is 17.7 Å². The molecule has 0 saturated carbocycles. The summed E-state index contributed by atoms with van der Waals surface area (Å²) in [4.78, 5) is 16.4. The normalized spacial score (nSPS) is 9.65. The van der Waals surface area contributed by atoms with Gasteiger partial charge in [-0.1, -0.05) is 23.8 Å². The molecule has 0 spiro atoms. The van der Waals surface area contributed by atoms with Crippen LogP contribution in [0.4, 0.5) is 0 Å². The van der Waals surface area contributed by atoms with E-state index < -0.39 is 0 Å². The summed E-state index contributed by atoms with van der Waals surface area (Å²) >= 11 is 1.58. The van der Waals surface area contributed by atoms with E-state index in [2.05, 4.69) is 34.7 Å². The number of rotatable bonds is 7. The van der Waals surface area contributed by atoms with Gasteiger partial charge in [0.05, 0.1) is 12.1 Å². The molecule has 1 aromatic heterocycles. The molecule has 2 rings (SSSR count). The van der Waals surface area contributed by atoms with Gasteiger partial charge in [0.2, 0.25) is 5.91 Å². The number of amides is 1. The highest BCUT2D eigenvalue weighted by atomic mass is 35.5. The second kappa shape index (κ2) is 11.4. The quantitative estimate of drug-likeness (QED) is 0.730. The Morgan fingerprint density at radius 2 is 2.04 bits per heavy atom. The molecule has 0 aliphatic rings. The summed E-state index contributed by atoms with van der Waals surface area (Å²) in [5, 5.41) is 8.90. The Morgan fingerprint density at radius 1 is 1.26 bits per heavy atom. The van der Waals surface area contributed by atoms with E-state index in [1.165, 1.54) is 5.56 Å². The molecule has 0 saturated heterocycles. The second-order valence-electron chi connectivity index (χ2n) is 5.00. The highest BCUT2D eigenvalue weighted by molar-refractivity contribution is 7.13. The summed E-state index contributed by atoms with van der Waals surface area (Å²) in [6.07, 6.45) is 1.29. The van der Waals surface area contributed by atoms with Crippen molar-refractivity contribution < 1.29 is 4.79 Å². The van der Waals surface area contributed by atoms with Crippen LogP contribution in [-0.4, -0.2) is 31.0 Å². The van der Waals surface area contributed by atoms with Gasteiger partial charge in [0, 0.05) is 17.5 Å². The van der Waals surface area contributed by atoms with Crippen LogP contribution < -0.4 is 10.6 Å². The Hall–Kier alpha value is -1.14. The Kier molecular flexibility index (Phi) is 10.8. The Labute approximate surface area is 153 Å². The van der Waals surface area contributed by atoms with E-state index in [4.69, 9.17) is 0 Å².